The minimum absolute atomic E-state index is 0.0390. The number of hydrogen-bond acceptors (Lipinski definition) is 3. The van der Waals surface area contributed by atoms with E-state index in [2.05, 4.69) is 4.98 Å². The summed E-state index contributed by atoms with van der Waals surface area (Å²) >= 11 is 0. The molecule has 0 amide bonds. The molecule has 0 radical (unpaired) electrons. The van der Waals surface area contributed by atoms with Crippen LogP contribution in [0.3, 0.4) is 0 Å². The fourth-order valence-electron chi connectivity index (χ4n) is 3.93. The quantitative estimate of drug-likeness (QED) is 0.825. The highest BCUT2D eigenvalue weighted by molar-refractivity contribution is 5.00. The number of aromatic nitrogens is 2. The largest absolute Gasteiger partial charge is 0.393 e. The lowest BCUT2D eigenvalue weighted by molar-refractivity contribution is 0.0160. The Morgan fingerprint density at radius 1 is 1.33 bits per heavy atom. The molecule has 1 heterocycles. The third kappa shape index (κ3) is 1.88. The summed E-state index contributed by atoms with van der Waals surface area (Å²) in [5.74, 6) is 0. The van der Waals surface area contributed by atoms with E-state index < -0.39 is 0 Å². The van der Waals surface area contributed by atoms with Crippen molar-refractivity contribution in [3.63, 3.8) is 0 Å². The zero-order valence-corrected chi connectivity index (χ0v) is 10.6. The van der Waals surface area contributed by atoms with Gasteiger partial charge in [-0.3, -0.25) is 9.78 Å². The van der Waals surface area contributed by atoms with Gasteiger partial charge in [0, 0.05) is 18.4 Å². The summed E-state index contributed by atoms with van der Waals surface area (Å²) < 4.78 is 1.81. The van der Waals surface area contributed by atoms with E-state index in [0.29, 0.717) is 6.42 Å². The van der Waals surface area contributed by atoms with Gasteiger partial charge in [0.1, 0.15) is 0 Å². The minimum Gasteiger partial charge on any atom is -0.393 e. The highest BCUT2D eigenvalue weighted by atomic mass is 16.3. The van der Waals surface area contributed by atoms with Crippen molar-refractivity contribution in [2.75, 3.05) is 0 Å². The van der Waals surface area contributed by atoms with E-state index in [1.807, 2.05) is 0 Å². The normalized spacial score (nSPS) is 30.7. The van der Waals surface area contributed by atoms with Crippen LogP contribution in [0.1, 0.15) is 51.0 Å². The Balaban J connectivity index is 2.00. The van der Waals surface area contributed by atoms with Crippen LogP contribution in [0.4, 0.5) is 0 Å². The van der Waals surface area contributed by atoms with E-state index >= 15 is 0 Å². The predicted octanol–water partition coefficient (Wildman–Crippen LogP) is 1.89. The Labute approximate surface area is 107 Å². The molecule has 1 spiro atoms. The Hall–Kier alpha value is -1.16. The minimum atomic E-state index is -0.263. The predicted molar refractivity (Wildman–Crippen MR) is 68.3 cm³/mol. The summed E-state index contributed by atoms with van der Waals surface area (Å²) in [4.78, 5) is 15.9. The standard InChI is InChI=1S/C14H20N2O2/c17-11-3-6-14(4-1-2-5-14)12(9-11)16-8-7-15-10-13(16)18/h7-8,10-12,17H,1-6,9H2. The lowest BCUT2D eigenvalue weighted by atomic mass is 9.68. The van der Waals surface area contributed by atoms with Crippen molar-refractivity contribution in [3.05, 3.63) is 28.9 Å². The smallest absolute Gasteiger partial charge is 0.269 e. The Bertz CT molecular complexity index is 477. The maximum atomic E-state index is 12.0. The van der Waals surface area contributed by atoms with E-state index in [-0.39, 0.29) is 23.1 Å². The van der Waals surface area contributed by atoms with E-state index in [0.717, 1.165) is 12.8 Å². The molecule has 2 atom stereocenters. The molecule has 1 aromatic rings. The second-order valence-electron chi connectivity index (χ2n) is 5.84. The first-order valence-electron chi connectivity index (χ1n) is 6.91. The number of aliphatic hydroxyl groups excluding tert-OH is 1. The van der Waals surface area contributed by atoms with Gasteiger partial charge in [0.15, 0.2) is 0 Å². The molecule has 2 aliphatic carbocycles. The zero-order chi connectivity index (χ0) is 12.6. The van der Waals surface area contributed by atoms with Gasteiger partial charge in [-0.05, 0) is 37.5 Å². The van der Waals surface area contributed by atoms with Crippen LogP contribution in [0.2, 0.25) is 0 Å². The molecule has 0 bridgehead atoms. The van der Waals surface area contributed by atoms with Gasteiger partial charge in [-0.15, -0.1) is 0 Å². The van der Waals surface area contributed by atoms with Crippen molar-refractivity contribution in [1.29, 1.82) is 0 Å². The Morgan fingerprint density at radius 3 is 2.83 bits per heavy atom. The molecule has 2 unspecified atom stereocenters. The monoisotopic (exact) mass is 248 g/mol. The number of nitrogens with zero attached hydrogens (tertiary/aromatic N) is 2. The van der Waals surface area contributed by atoms with Gasteiger partial charge in [-0.1, -0.05) is 12.8 Å². The van der Waals surface area contributed by atoms with Crippen LogP contribution in [-0.2, 0) is 0 Å². The van der Waals surface area contributed by atoms with Crippen molar-refractivity contribution < 1.29 is 5.11 Å². The van der Waals surface area contributed by atoms with E-state index in [1.165, 1.54) is 31.9 Å². The average Bonchev–Trinajstić information content (AvgIpc) is 2.83. The maximum absolute atomic E-state index is 12.0. The topological polar surface area (TPSA) is 55.1 Å². The summed E-state index contributed by atoms with van der Waals surface area (Å²) in [6.07, 6.45) is 12.1. The molecule has 0 aliphatic heterocycles. The van der Waals surface area contributed by atoms with E-state index in [9.17, 15) is 9.90 Å². The second kappa shape index (κ2) is 4.50. The molecule has 0 aromatic carbocycles. The summed E-state index contributed by atoms with van der Waals surface area (Å²) in [6, 6.07) is 0.152. The van der Waals surface area contributed by atoms with Crippen molar-refractivity contribution in [1.82, 2.24) is 9.55 Å². The Kier molecular flexibility index (Phi) is 2.98. The van der Waals surface area contributed by atoms with Crippen molar-refractivity contribution >= 4 is 0 Å². The van der Waals surface area contributed by atoms with Crippen LogP contribution in [0.25, 0.3) is 0 Å². The van der Waals surface area contributed by atoms with Crippen LogP contribution in [0.5, 0.6) is 0 Å². The van der Waals surface area contributed by atoms with E-state index in [1.54, 1.807) is 17.0 Å². The van der Waals surface area contributed by atoms with Gasteiger partial charge in [-0.2, -0.15) is 0 Å². The lowest BCUT2D eigenvalue weighted by Crippen LogP contribution is -2.41. The first-order valence-corrected chi connectivity index (χ1v) is 6.91. The third-order valence-electron chi connectivity index (χ3n) is 4.87. The first kappa shape index (κ1) is 11.9. The summed E-state index contributed by atoms with van der Waals surface area (Å²) in [5, 5.41) is 9.94. The third-order valence-corrected chi connectivity index (χ3v) is 4.87. The van der Waals surface area contributed by atoms with Gasteiger partial charge in [-0.25, -0.2) is 0 Å². The molecule has 2 aliphatic rings. The van der Waals surface area contributed by atoms with Gasteiger partial charge >= 0.3 is 0 Å². The van der Waals surface area contributed by atoms with Gasteiger partial charge in [0.05, 0.1) is 12.3 Å². The van der Waals surface area contributed by atoms with Crippen LogP contribution in [-0.4, -0.2) is 20.8 Å². The fraction of sp³-hybridized carbons (Fsp3) is 0.714. The zero-order valence-electron chi connectivity index (χ0n) is 10.6. The second-order valence-corrected chi connectivity index (χ2v) is 5.84. The molecule has 1 aromatic heterocycles. The molecule has 2 saturated carbocycles. The van der Waals surface area contributed by atoms with Crippen molar-refractivity contribution in [3.8, 4) is 0 Å². The van der Waals surface area contributed by atoms with Crippen molar-refractivity contribution in [2.24, 2.45) is 5.41 Å². The number of aliphatic hydroxyl groups is 1. The summed E-state index contributed by atoms with van der Waals surface area (Å²) in [7, 11) is 0. The molecule has 4 heteroatoms. The SMILES string of the molecule is O=c1cnccn1C1CC(O)CCC12CCCC2. The molecule has 98 valence electrons. The van der Waals surface area contributed by atoms with Crippen LogP contribution in [0.15, 0.2) is 23.4 Å². The Morgan fingerprint density at radius 2 is 2.11 bits per heavy atom. The van der Waals surface area contributed by atoms with Crippen LogP contribution < -0.4 is 5.56 Å². The molecular formula is C14H20N2O2. The van der Waals surface area contributed by atoms with Crippen LogP contribution >= 0.6 is 0 Å². The molecule has 1 N–H and O–H groups in total. The summed E-state index contributed by atoms with van der Waals surface area (Å²) in [5.41, 5.74) is 0.201. The maximum Gasteiger partial charge on any atom is 0.269 e. The highest BCUT2D eigenvalue weighted by Gasteiger charge is 2.45. The lowest BCUT2D eigenvalue weighted by Gasteiger charge is -2.44. The molecule has 18 heavy (non-hydrogen) atoms. The average molecular weight is 248 g/mol. The first-order chi connectivity index (χ1) is 8.71. The van der Waals surface area contributed by atoms with Gasteiger partial charge in [0.2, 0.25) is 0 Å². The van der Waals surface area contributed by atoms with E-state index in [4.69, 9.17) is 0 Å². The molecular weight excluding hydrogens is 228 g/mol. The van der Waals surface area contributed by atoms with Crippen LogP contribution in [0, 0.1) is 5.41 Å². The number of hydrogen-bond donors (Lipinski definition) is 1. The van der Waals surface area contributed by atoms with Crippen molar-refractivity contribution in [2.45, 2.75) is 57.1 Å². The van der Waals surface area contributed by atoms with Gasteiger partial charge in [0.25, 0.3) is 5.56 Å². The van der Waals surface area contributed by atoms with Gasteiger partial charge < -0.3 is 9.67 Å². The molecule has 0 saturated heterocycles. The molecule has 3 rings (SSSR count). The molecule has 4 nitrogen and oxygen atoms in total. The number of rotatable bonds is 1. The fourth-order valence-corrected chi connectivity index (χ4v) is 3.93. The molecule has 2 fully saturated rings. The highest BCUT2D eigenvalue weighted by Crippen LogP contribution is 2.54. The summed E-state index contributed by atoms with van der Waals surface area (Å²) in [6.45, 7) is 0.